The van der Waals surface area contributed by atoms with Crippen LogP contribution in [-0.4, -0.2) is 30.2 Å². The number of furan rings is 2. The van der Waals surface area contributed by atoms with Crippen LogP contribution in [0.15, 0.2) is 94.2 Å². The quantitative estimate of drug-likeness (QED) is 0.285. The van der Waals surface area contributed by atoms with Crippen molar-refractivity contribution in [2.24, 2.45) is 0 Å². The Bertz CT molecular complexity index is 1410. The van der Waals surface area contributed by atoms with Crippen molar-refractivity contribution in [1.82, 2.24) is 10.6 Å². The van der Waals surface area contributed by atoms with Crippen LogP contribution in [-0.2, 0) is 20.9 Å². The molecule has 2 aromatic carbocycles. The van der Waals surface area contributed by atoms with Gasteiger partial charge < -0.3 is 24.8 Å². The predicted molar refractivity (Wildman–Crippen MR) is 144 cm³/mol. The van der Waals surface area contributed by atoms with Crippen molar-refractivity contribution in [2.75, 3.05) is 16.8 Å². The number of hydrogen-bond donors (Lipinski definition) is 3. The van der Waals surface area contributed by atoms with Crippen molar-refractivity contribution in [3.05, 3.63) is 108 Å². The largest absolute Gasteiger partial charge is 0.467 e. The molecular formula is C29H28N4O6. The molecule has 4 amide bonds. The molecule has 0 radical (unpaired) electrons. The molecule has 1 unspecified atom stereocenters. The number of nitrogens with zero attached hydrogens (tertiary/aromatic N) is 1. The van der Waals surface area contributed by atoms with Crippen molar-refractivity contribution < 1.29 is 28.0 Å². The Morgan fingerprint density at radius 1 is 0.846 bits per heavy atom. The highest BCUT2D eigenvalue weighted by atomic mass is 16.3. The maximum atomic E-state index is 13.7. The van der Waals surface area contributed by atoms with Gasteiger partial charge in [0, 0.05) is 18.3 Å². The van der Waals surface area contributed by atoms with E-state index < -0.39 is 30.3 Å². The zero-order valence-electron chi connectivity index (χ0n) is 21.5. The number of aryl methyl sites for hydroxylation is 1. The second kappa shape index (κ2) is 12.4. The average Bonchev–Trinajstić information content (AvgIpc) is 3.65. The van der Waals surface area contributed by atoms with Gasteiger partial charge in [0.25, 0.3) is 5.91 Å². The number of amides is 4. The summed E-state index contributed by atoms with van der Waals surface area (Å²) in [6.07, 6.45) is 2.86. The van der Waals surface area contributed by atoms with E-state index in [2.05, 4.69) is 16.0 Å². The van der Waals surface area contributed by atoms with Gasteiger partial charge in [0.2, 0.25) is 17.7 Å². The van der Waals surface area contributed by atoms with Gasteiger partial charge >= 0.3 is 0 Å². The molecule has 0 bridgehead atoms. The van der Waals surface area contributed by atoms with E-state index in [0.29, 0.717) is 22.7 Å². The molecule has 1 atom stereocenters. The van der Waals surface area contributed by atoms with Gasteiger partial charge in [0.15, 0.2) is 5.76 Å². The molecule has 2 aromatic heterocycles. The SMILES string of the molecule is CC(=O)Nc1ccc(N(C(=O)CNC(=O)c2ccco2)C(C(=O)NCc2ccco2)c2ccc(C)cc2)cc1. The molecule has 4 rings (SSSR count). The molecule has 0 saturated heterocycles. The topological polar surface area (TPSA) is 134 Å². The molecule has 200 valence electrons. The highest BCUT2D eigenvalue weighted by molar-refractivity contribution is 6.04. The number of anilines is 2. The van der Waals surface area contributed by atoms with E-state index in [1.165, 1.54) is 30.4 Å². The van der Waals surface area contributed by atoms with E-state index in [4.69, 9.17) is 8.83 Å². The molecule has 0 aliphatic rings. The molecule has 10 nitrogen and oxygen atoms in total. The lowest BCUT2D eigenvalue weighted by molar-refractivity contribution is -0.126. The van der Waals surface area contributed by atoms with Crippen LogP contribution in [0.5, 0.6) is 0 Å². The van der Waals surface area contributed by atoms with Gasteiger partial charge in [-0.15, -0.1) is 0 Å². The van der Waals surface area contributed by atoms with Crippen molar-refractivity contribution in [1.29, 1.82) is 0 Å². The third-order valence-electron chi connectivity index (χ3n) is 5.80. The lowest BCUT2D eigenvalue weighted by Crippen LogP contribution is -2.47. The van der Waals surface area contributed by atoms with Gasteiger partial charge in [0.1, 0.15) is 11.8 Å². The molecule has 2 heterocycles. The Kier molecular flexibility index (Phi) is 8.57. The Labute approximate surface area is 225 Å². The van der Waals surface area contributed by atoms with Crippen LogP contribution < -0.4 is 20.9 Å². The summed E-state index contributed by atoms with van der Waals surface area (Å²) in [6, 6.07) is 19.2. The molecule has 4 aromatic rings. The average molecular weight is 529 g/mol. The van der Waals surface area contributed by atoms with Gasteiger partial charge in [-0.2, -0.15) is 0 Å². The van der Waals surface area contributed by atoms with Crippen LogP contribution in [0, 0.1) is 6.92 Å². The van der Waals surface area contributed by atoms with Gasteiger partial charge in [-0.1, -0.05) is 29.8 Å². The van der Waals surface area contributed by atoms with Gasteiger partial charge in [-0.05, 0) is 61.0 Å². The third kappa shape index (κ3) is 7.01. The van der Waals surface area contributed by atoms with Crippen LogP contribution >= 0.6 is 0 Å². The zero-order valence-corrected chi connectivity index (χ0v) is 21.5. The second-order valence-corrected chi connectivity index (χ2v) is 8.76. The zero-order chi connectivity index (χ0) is 27.8. The van der Waals surface area contributed by atoms with E-state index in [1.807, 2.05) is 19.1 Å². The molecule has 10 heteroatoms. The first-order valence-electron chi connectivity index (χ1n) is 12.2. The molecule has 0 spiro atoms. The van der Waals surface area contributed by atoms with E-state index in [-0.39, 0.29) is 18.2 Å². The Morgan fingerprint density at radius 3 is 2.15 bits per heavy atom. The summed E-state index contributed by atoms with van der Waals surface area (Å²) in [7, 11) is 0. The van der Waals surface area contributed by atoms with Crippen molar-refractivity contribution in [2.45, 2.75) is 26.4 Å². The Balaban J connectivity index is 1.68. The standard InChI is InChI=1S/C29H28N4O6/c1-19-7-9-21(10-8-19)27(29(37)30-17-24-5-3-15-38-24)33(23-13-11-22(12-14-23)32-20(2)34)26(35)18-31-28(36)25-6-4-16-39-25/h3-16,27H,17-18H2,1-2H3,(H,30,37)(H,31,36)(H,32,34). The van der Waals surface area contributed by atoms with Crippen molar-refractivity contribution >= 4 is 35.0 Å². The fourth-order valence-electron chi connectivity index (χ4n) is 3.93. The molecule has 0 saturated carbocycles. The van der Waals surface area contributed by atoms with Crippen LogP contribution in [0.2, 0.25) is 0 Å². The summed E-state index contributed by atoms with van der Waals surface area (Å²) in [5.74, 6) is -1.20. The van der Waals surface area contributed by atoms with Crippen LogP contribution in [0.4, 0.5) is 11.4 Å². The molecule has 39 heavy (non-hydrogen) atoms. The van der Waals surface area contributed by atoms with E-state index in [1.54, 1.807) is 54.6 Å². The highest BCUT2D eigenvalue weighted by Crippen LogP contribution is 2.29. The minimum absolute atomic E-state index is 0.0558. The number of nitrogens with one attached hydrogen (secondary N) is 3. The number of rotatable bonds is 10. The summed E-state index contributed by atoms with van der Waals surface area (Å²) in [5.41, 5.74) is 2.46. The summed E-state index contributed by atoms with van der Waals surface area (Å²) in [4.78, 5) is 52.6. The van der Waals surface area contributed by atoms with Gasteiger partial charge in [-0.25, -0.2) is 0 Å². The third-order valence-corrected chi connectivity index (χ3v) is 5.80. The fraction of sp³-hybridized carbons (Fsp3) is 0.172. The minimum atomic E-state index is -1.08. The maximum Gasteiger partial charge on any atom is 0.287 e. The summed E-state index contributed by atoms with van der Waals surface area (Å²) >= 11 is 0. The number of carbonyl (C=O) groups excluding carboxylic acids is 4. The lowest BCUT2D eigenvalue weighted by atomic mass is 10.0. The Morgan fingerprint density at radius 2 is 1.54 bits per heavy atom. The number of benzene rings is 2. The Hall–Kier alpha value is -5.12. The van der Waals surface area contributed by atoms with Crippen LogP contribution in [0.3, 0.4) is 0 Å². The van der Waals surface area contributed by atoms with Gasteiger partial charge in [0.05, 0.1) is 25.6 Å². The van der Waals surface area contributed by atoms with Crippen molar-refractivity contribution in [3.8, 4) is 0 Å². The smallest absolute Gasteiger partial charge is 0.287 e. The summed E-state index contributed by atoms with van der Waals surface area (Å²) in [6.45, 7) is 3.03. The molecule has 3 N–H and O–H groups in total. The molecule has 0 aliphatic heterocycles. The van der Waals surface area contributed by atoms with Crippen LogP contribution in [0.25, 0.3) is 0 Å². The normalized spacial score (nSPS) is 11.3. The van der Waals surface area contributed by atoms with Crippen molar-refractivity contribution in [3.63, 3.8) is 0 Å². The lowest BCUT2D eigenvalue weighted by Gasteiger charge is -2.32. The second-order valence-electron chi connectivity index (χ2n) is 8.76. The fourth-order valence-corrected chi connectivity index (χ4v) is 3.93. The monoisotopic (exact) mass is 528 g/mol. The highest BCUT2D eigenvalue weighted by Gasteiger charge is 2.33. The number of carbonyl (C=O) groups is 4. The summed E-state index contributed by atoms with van der Waals surface area (Å²) in [5, 5.41) is 8.08. The maximum absolute atomic E-state index is 13.7. The molecule has 0 aliphatic carbocycles. The first-order chi connectivity index (χ1) is 18.8. The number of hydrogen-bond acceptors (Lipinski definition) is 6. The summed E-state index contributed by atoms with van der Waals surface area (Å²) < 4.78 is 10.4. The van der Waals surface area contributed by atoms with Crippen LogP contribution in [0.1, 0.15) is 40.4 Å². The van der Waals surface area contributed by atoms with E-state index in [0.717, 1.165) is 5.56 Å². The first-order valence-corrected chi connectivity index (χ1v) is 12.2. The first kappa shape index (κ1) is 26.9. The van der Waals surface area contributed by atoms with E-state index >= 15 is 0 Å². The predicted octanol–water partition coefficient (Wildman–Crippen LogP) is 3.96. The van der Waals surface area contributed by atoms with E-state index in [9.17, 15) is 19.2 Å². The minimum Gasteiger partial charge on any atom is -0.467 e. The molecular weight excluding hydrogens is 500 g/mol. The van der Waals surface area contributed by atoms with Gasteiger partial charge in [-0.3, -0.25) is 24.1 Å². The molecule has 0 fully saturated rings.